The van der Waals surface area contributed by atoms with Crippen molar-refractivity contribution in [1.29, 1.82) is 0 Å². The van der Waals surface area contributed by atoms with Gasteiger partial charge in [-0.3, -0.25) is 4.90 Å². The molecule has 0 fully saturated rings. The van der Waals surface area contributed by atoms with Gasteiger partial charge in [0.05, 0.1) is 5.56 Å². The van der Waals surface area contributed by atoms with E-state index in [1.54, 1.807) is 12.1 Å². The Morgan fingerprint density at radius 2 is 1.95 bits per heavy atom. The second kappa shape index (κ2) is 5.79. The second-order valence-corrected chi connectivity index (χ2v) is 6.49. The fourth-order valence-corrected chi connectivity index (χ4v) is 3.33. The molecule has 5 heteroatoms. The SMILES string of the molecule is O=C(O)c1ccc2c(c1)CN(Cc1ccc(Br)cc1Cl)C2. The number of hydrogen-bond acceptors (Lipinski definition) is 2. The highest BCUT2D eigenvalue weighted by molar-refractivity contribution is 9.10. The minimum absolute atomic E-state index is 0.345. The molecular formula is C16H13BrClNO2. The Hall–Kier alpha value is -1.36. The summed E-state index contributed by atoms with van der Waals surface area (Å²) in [6, 6.07) is 11.2. The van der Waals surface area contributed by atoms with E-state index in [0.29, 0.717) is 5.56 Å². The van der Waals surface area contributed by atoms with Gasteiger partial charge < -0.3 is 5.11 Å². The maximum atomic E-state index is 11.0. The van der Waals surface area contributed by atoms with Gasteiger partial charge in [-0.1, -0.05) is 39.7 Å². The predicted molar refractivity (Wildman–Crippen MR) is 85.5 cm³/mol. The Morgan fingerprint density at radius 3 is 2.67 bits per heavy atom. The Kier molecular flexibility index (Phi) is 4.02. The molecule has 2 aromatic carbocycles. The van der Waals surface area contributed by atoms with E-state index >= 15 is 0 Å². The monoisotopic (exact) mass is 365 g/mol. The van der Waals surface area contributed by atoms with E-state index in [2.05, 4.69) is 20.8 Å². The van der Waals surface area contributed by atoms with Crippen molar-refractivity contribution in [2.75, 3.05) is 0 Å². The number of carboxylic acids is 1. The minimum atomic E-state index is -0.882. The van der Waals surface area contributed by atoms with Crippen molar-refractivity contribution in [3.05, 3.63) is 68.1 Å². The van der Waals surface area contributed by atoms with Gasteiger partial charge in [-0.2, -0.15) is 0 Å². The van der Waals surface area contributed by atoms with E-state index in [4.69, 9.17) is 16.7 Å². The molecule has 108 valence electrons. The lowest BCUT2D eigenvalue weighted by Crippen LogP contribution is -2.15. The van der Waals surface area contributed by atoms with Crippen molar-refractivity contribution in [1.82, 2.24) is 4.90 Å². The number of halogens is 2. The van der Waals surface area contributed by atoms with Crippen LogP contribution in [-0.2, 0) is 19.6 Å². The van der Waals surface area contributed by atoms with Gasteiger partial charge in [0, 0.05) is 29.1 Å². The van der Waals surface area contributed by atoms with E-state index in [1.165, 1.54) is 5.56 Å². The third-order valence-electron chi connectivity index (χ3n) is 3.65. The molecule has 1 aliphatic rings. The number of rotatable bonds is 3. The van der Waals surface area contributed by atoms with Gasteiger partial charge in [-0.15, -0.1) is 0 Å². The van der Waals surface area contributed by atoms with Gasteiger partial charge in [-0.25, -0.2) is 4.79 Å². The fourth-order valence-electron chi connectivity index (χ4n) is 2.60. The highest BCUT2D eigenvalue weighted by Crippen LogP contribution is 2.28. The molecule has 21 heavy (non-hydrogen) atoms. The lowest BCUT2D eigenvalue weighted by atomic mass is 10.1. The predicted octanol–water partition coefficient (Wildman–Crippen LogP) is 4.32. The molecule has 3 nitrogen and oxygen atoms in total. The van der Waals surface area contributed by atoms with E-state index in [1.807, 2.05) is 24.3 Å². The van der Waals surface area contributed by atoms with Crippen molar-refractivity contribution < 1.29 is 9.90 Å². The molecule has 0 saturated carbocycles. The number of carboxylic acid groups (broad SMARTS) is 1. The summed E-state index contributed by atoms with van der Waals surface area (Å²) in [5, 5.41) is 9.79. The van der Waals surface area contributed by atoms with Crippen LogP contribution in [0.5, 0.6) is 0 Å². The standard InChI is InChI=1S/C16H13BrClNO2/c17-14-4-3-12(15(18)6-14)8-19-7-11-2-1-10(16(20)21)5-13(11)9-19/h1-6H,7-9H2,(H,20,21). The summed E-state index contributed by atoms with van der Waals surface area (Å²) in [4.78, 5) is 13.3. The zero-order valence-electron chi connectivity index (χ0n) is 11.1. The third kappa shape index (κ3) is 3.12. The van der Waals surface area contributed by atoms with Gasteiger partial charge in [0.2, 0.25) is 0 Å². The molecule has 1 N–H and O–H groups in total. The highest BCUT2D eigenvalue weighted by Gasteiger charge is 2.21. The first-order valence-corrected chi connectivity index (χ1v) is 7.71. The second-order valence-electron chi connectivity index (χ2n) is 5.17. The molecule has 3 rings (SSSR count). The summed E-state index contributed by atoms with van der Waals surface area (Å²) >= 11 is 9.65. The van der Waals surface area contributed by atoms with Crippen molar-refractivity contribution in [2.24, 2.45) is 0 Å². The van der Waals surface area contributed by atoms with Crippen LogP contribution in [0, 0.1) is 0 Å². The van der Waals surface area contributed by atoms with Gasteiger partial charge in [-0.05, 0) is 41.0 Å². The van der Waals surface area contributed by atoms with Gasteiger partial charge in [0.25, 0.3) is 0 Å². The van der Waals surface area contributed by atoms with Crippen molar-refractivity contribution >= 4 is 33.5 Å². The molecular weight excluding hydrogens is 354 g/mol. The Labute approximate surface area is 136 Å². The molecule has 0 spiro atoms. The number of aromatic carboxylic acids is 1. The van der Waals surface area contributed by atoms with Crippen LogP contribution in [0.15, 0.2) is 40.9 Å². The van der Waals surface area contributed by atoms with E-state index < -0.39 is 5.97 Å². The number of nitrogens with zero attached hydrogens (tertiary/aromatic N) is 1. The normalized spacial score (nSPS) is 14.2. The molecule has 0 bridgehead atoms. The topological polar surface area (TPSA) is 40.5 Å². The molecule has 0 saturated heterocycles. The van der Waals surface area contributed by atoms with E-state index in [-0.39, 0.29) is 0 Å². The fraction of sp³-hybridized carbons (Fsp3) is 0.188. The van der Waals surface area contributed by atoms with Crippen molar-refractivity contribution in [2.45, 2.75) is 19.6 Å². The molecule has 1 aliphatic heterocycles. The summed E-state index contributed by atoms with van der Waals surface area (Å²) in [6.45, 7) is 2.33. The third-order valence-corrected chi connectivity index (χ3v) is 4.50. The number of benzene rings is 2. The molecule has 0 unspecified atom stereocenters. The molecule has 0 atom stereocenters. The van der Waals surface area contributed by atoms with Gasteiger partial charge >= 0.3 is 5.97 Å². The minimum Gasteiger partial charge on any atom is -0.478 e. The molecule has 2 aromatic rings. The number of carbonyl (C=O) groups is 1. The quantitative estimate of drug-likeness (QED) is 0.879. The first kappa shape index (κ1) is 14.6. The smallest absolute Gasteiger partial charge is 0.335 e. The maximum absolute atomic E-state index is 11.0. The summed E-state index contributed by atoms with van der Waals surface area (Å²) in [5.41, 5.74) is 3.69. The van der Waals surface area contributed by atoms with Gasteiger partial charge in [0.15, 0.2) is 0 Å². The van der Waals surface area contributed by atoms with Crippen molar-refractivity contribution in [3.63, 3.8) is 0 Å². The molecule has 0 amide bonds. The number of hydrogen-bond donors (Lipinski definition) is 1. The summed E-state index contributed by atoms with van der Waals surface area (Å²) in [5.74, 6) is -0.882. The van der Waals surface area contributed by atoms with Crippen LogP contribution in [-0.4, -0.2) is 16.0 Å². The number of fused-ring (bicyclic) bond motifs is 1. The lowest BCUT2D eigenvalue weighted by molar-refractivity contribution is 0.0696. The molecule has 1 heterocycles. The van der Waals surface area contributed by atoms with Crippen molar-refractivity contribution in [3.8, 4) is 0 Å². The average molecular weight is 367 g/mol. The Morgan fingerprint density at radius 1 is 1.19 bits per heavy atom. The Bertz CT molecular complexity index is 717. The van der Waals surface area contributed by atoms with Crippen LogP contribution >= 0.6 is 27.5 Å². The van der Waals surface area contributed by atoms with Crippen LogP contribution in [0.1, 0.15) is 27.0 Å². The van der Waals surface area contributed by atoms with E-state index in [9.17, 15) is 4.79 Å². The summed E-state index contributed by atoms with van der Waals surface area (Å²) in [7, 11) is 0. The molecule has 0 radical (unpaired) electrons. The van der Waals surface area contributed by atoms with Gasteiger partial charge in [0.1, 0.15) is 0 Å². The molecule has 0 aliphatic carbocycles. The lowest BCUT2D eigenvalue weighted by Gasteiger charge is -2.15. The molecule has 0 aromatic heterocycles. The first-order valence-electron chi connectivity index (χ1n) is 6.54. The largest absolute Gasteiger partial charge is 0.478 e. The van der Waals surface area contributed by atoms with Crippen LogP contribution in [0.3, 0.4) is 0 Å². The van der Waals surface area contributed by atoms with E-state index in [0.717, 1.165) is 40.3 Å². The maximum Gasteiger partial charge on any atom is 0.335 e. The summed E-state index contributed by atoms with van der Waals surface area (Å²) in [6.07, 6.45) is 0. The Balaban J connectivity index is 1.77. The highest BCUT2D eigenvalue weighted by atomic mass is 79.9. The van der Waals surface area contributed by atoms with Crippen LogP contribution < -0.4 is 0 Å². The van der Waals surface area contributed by atoms with Crippen LogP contribution in [0.4, 0.5) is 0 Å². The van der Waals surface area contributed by atoms with Crippen LogP contribution in [0.25, 0.3) is 0 Å². The average Bonchev–Trinajstić information content (AvgIpc) is 2.83. The zero-order valence-corrected chi connectivity index (χ0v) is 13.5. The van der Waals surface area contributed by atoms with Crippen LogP contribution in [0.2, 0.25) is 5.02 Å². The summed E-state index contributed by atoms with van der Waals surface area (Å²) < 4.78 is 0.965. The first-order chi connectivity index (χ1) is 10.0. The zero-order chi connectivity index (χ0) is 15.0.